The number of hydrogen-bond donors (Lipinski definition) is 1. The van der Waals surface area contributed by atoms with Gasteiger partial charge in [0.15, 0.2) is 0 Å². The molecule has 0 amide bonds. The number of rotatable bonds is 9. The first-order chi connectivity index (χ1) is 13.2. The molecule has 1 heterocycles. The molecule has 146 valence electrons. The second-order valence-corrected chi connectivity index (χ2v) is 7.75. The van der Waals surface area contributed by atoms with E-state index in [2.05, 4.69) is 36.1 Å². The smallest absolute Gasteiger partial charge is 0.119 e. The SMILES string of the molecule is CCCCc1ccc(CC2CCN(CCOc3ccc(O)cc3)CC2)cc1. The largest absolute Gasteiger partial charge is 0.508 e. The van der Waals surface area contributed by atoms with Crippen LogP contribution in [0.1, 0.15) is 43.7 Å². The van der Waals surface area contributed by atoms with Crippen LogP contribution in [0, 0.1) is 5.92 Å². The van der Waals surface area contributed by atoms with Gasteiger partial charge < -0.3 is 9.84 Å². The van der Waals surface area contributed by atoms with E-state index in [-0.39, 0.29) is 5.75 Å². The fourth-order valence-electron chi connectivity index (χ4n) is 3.81. The first kappa shape index (κ1) is 19.8. The molecule has 1 fully saturated rings. The summed E-state index contributed by atoms with van der Waals surface area (Å²) < 4.78 is 5.77. The molecule has 3 heteroatoms. The minimum atomic E-state index is 0.278. The molecule has 2 aromatic rings. The zero-order valence-electron chi connectivity index (χ0n) is 16.6. The number of unbranched alkanes of at least 4 members (excludes halogenated alkanes) is 1. The standard InChI is InChI=1S/C24H33NO2/c1-2-3-4-20-5-7-21(8-6-20)19-22-13-15-25(16-14-22)17-18-27-24-11-9-23(26)10-12-24/h5-12,22,26H,2-4,13-19H2,1H3. The summed E-state index contributed by atoms with van der Waals surface area (Å²) in [7, 11) is 0. The molecule has 0 aliphatic carbocycles. The van der Waals surface area contributed by atoms with Crippen LogP contribution in [0.3, 0.4) is 0 Å². The molecule has 1 N–H and O–H groups in total. The molecule has 1 saturated heterocycles. The summed E-state index contributed by atoms with van der Waals surface area (Å²) in [6.45, 7) is 6.25. The van der Waals surface area contributed by atoms with Gasteiger partial charge in [-0.1, -0.05) is 37.6 Å². The molecule has 27 heavy (non-hydrogen) atoms. The van der Waals surface area contributed by atoms with Crippen LogP contribution >= 0.6 is 0 Å². The van der Waals surface area contributed by atoms with Gasteiger partial charge in [-0.05, 0) is 86.5 Å². The normalized spacial score (nSPS) is 15.7. The van der Waals surface area contributed by atoms with Crippen LogP contribution in [0.25, 0.3) is 0 Å². The van der Waals surface area contributed by atoms with E-state index in [4.69, 9.17) is 4.74 Å². The third kappa shape index (κ3) is 6.59. The van der Waals surface area contributed by atoms with E-state index < -0.39 is 0 Å². The molecule has 0 spiro atoms. The molecule has 0 bridgehead atoms. The van der Waals surface area contributed by atoms with Crippen LogP contribution in [0.5, 0.6) is 11.5 Å². The molecule has 0 unspecified atom stereocenters. The van der Waals surface area contributed by atoms with Gasteiger partial charge >= 0.3 is 0 Å². The van der Waals surface area contributed by atoms with Gasteiger partial charge in [0.05, 0.1) is 0 Å². The maximum atomic E-state index is 9.30. The fraction of sp³-hybridized carbons (Fsp3) is 0.500. The third-order valence-corrected chi connectivity index (χ3v) is 5.59. The van der Waals surface area contributed by atoms with Crippen molar-refractivity contribution in [2.75, 3.05) is 26.2 Å². The average Bonchev–Trinajstić information content (AvgIpc) is 2.70. The zero-order valence-corrected chi connectivity index (χ0v) is 16.6. The quantitative estimate of drug-likeness (QED) is 0.672. The number of nitrogens with zero attached hydrogens (tertiary/aromatic N) is 1. The maximum absolute atomic E-state index is 9.30. The molecule has 0 radical (unpaired) electrons. The number of piperidine rings is 1. The van der Waals surface area contributed by atoms with Gasteiger partial charge in [-0.15, -0.1) is 0 Å². The Morgan fingerprint density at radius 1 is 0.963 bits per heavy atom. The molecule has 1 aliphatic rings. The van der Waals surface area contributed by atoms with Gasteiger partial charge in [0, 0.05) is 6.54 Å². The number of likely N-dealkylation sites (tertiary alicyclic amines) is 1. The summed E-state index contributed by atoms with van der Waals surface area (Å²) in [5.41, 5.74) is 2.97. The Labute approximate surface area is 164 Å². The van der Waals surface area contributed by atoms with E-state index in [1.165, 1.54) is 49.7 Å². The van der Waals surface area contributed by atoms with Gasteiger partial charge in [0.2, 0.25) is 0 Å². The van der Waals surface area contributed by atoms with Crippen LogP contribution < -0.4 is 4.74 Å². The monoisotopic (exact) mass is 367 g/mol. The van der Waals surface area contributed by atoms with Gasteiger partial charge in [-0.2, -0.15) is 0 Å². The molecule has 3 rings (SSSR count). The maximum Gasteiger partial charge on any atom is 0.119 e. The zero-order chi connectivity index (χ0) is 18.9. The van der Waals surface area contributed by atoms with Crippen molar-refractivity contribution in [3.63, 3.8) is 0 Å². The number of aromatic hydroxyl groups is 1. The van der Waals surface area contributed by atoms with Crippen LogP contribution in [0.15, 0.2) is 48.5 Å². The summed E-state index contributed by atoms with van der Waals surface area (Å²) in [6, 6.07) is 16.3. The molecular weight excluding hydrogens is 334 g/mol. The first-order valence-electron chi connectivity index (χ1n) is 10.4. The number of aryl methyl sites for hydroxylation is 1. The van der Waals surface area contributed by atoms with Crippen molar-refractivity contribution in [1.82, 2.24) is 4.90 Å². The van der Waals surface area contributed by atoms with E-state index >= 15 is 0 Å². The van der Waals surface area contributed by atoms with E-state index in [1.807, 2.05) is 12.1 Å². The Kier molecular flexibility index (Phi) is 7.58. The van der Waals surface area contributed by atoms with E-state index in [1.54, 1.807) is 12.1 Å². The molecule has 1 aliphatic heterocycles. The van der Waals surface area contributed by atoms with Crippen molar-refractivity contribution in [3.8, 4) is 11.5 Å². The second kappa shape index (κ2) is 10.4. The second-order valence-electron chi connectivity index (χ2n) is 7.75. The highest BCUT2D eigenvalue weighted by molar-refractivity contribution is 5.30. The minimum absolute atomic E-state index is 0.278. The van der Waals surface area contributed by atoms with E-state index in [0.29, 0.717) is 6.61 Å². The third-order valence-electron chi connectivity index (χ3n) is 5.59. The predicted octanol–water partition coefficient (Wildman–Crippen LogP) is 5.07. The van der Waals surface area contributed by atoms with Crippen molar-refractivity contribution < 1.29 is 9.84 Å². The van der Waals surface area contributed by atoms with Crippen molar-refractivity contribution in [2.24, 2.45) is 5.92 Å². The van der Waals surface area contributed by atoms with Crippen molar-refractivity contribution in [3.05, 3.63) is 59.7 Å². The van der Waals surface area contributed by atoms with E-state index in [9.17, 15) is 5.11 Å². The summed E-state index contributed by atoms with van der Waals surface area (Å²) in [4.78, 5) is 2.50. The molecule has 0 saturated carbocycles. The summed E-state index contributed by atoms with van der Waals surface area (Å²) in [5.74, 6) is 1.91. The van der Waals surface area contributed by atoms with Crippen molar-refractivity contribution in [2.45, 2.75) is 45.4 Å². The Morgan fingerprint density at radius 2 is 1.63 bits per heavy atom. The summed E-state index contributed by atoms with van der Waals surface area (Å²) >= 11 is 0. The predicted molar refractivity (Wildman–Crippen MR) is 112 cm³/mol. The van der Waals surface area contributed by atoms with Gasteiger partial charge in [-0.25, -0.2) is 0 Å². The Bertz CT molecular complexity index is 658. The Hall–Kier alpha value is -2.00. The number of benzene rings is 2. The molecule has 2 aromatic carbocycles. The summed E-state index contributed by atoms with van der Waals surface area (Å²) in [5, 5.41) is 9.30. The lowest BCUT2D eigenvalue weighted by atomic mass is 9.90. The van der Waals surface area contributed by atoms with E-state index in [0.717, 1.165) is 31.3 Å². The van der Waals surface area contributed by atoms with Crippen molar-refractivity contribution in [1.29, 1.82) is 0 Å². The number of ether oxygens (including phenoxy) is 1. The highest BCUT2D eigenvalue weighted by Crippen LogP contribution is 2.22. The molecule has 0 aromatic heterocycles. The fourth-order valence-corrected chi connectivity index (χ4v) is 3.81. The van der Waals surface area contributed by atoms with Crippen LogP contribution in [0.2, 0.25) is 0 Å². The topological polar surface area (TPSA) is 32.7 Å². The highest BCUT2D eigenvalue weighted by Gasteiger charge is 2.19. The first-order valence-corrected chi connectivity index (χ1v) is 10.4. The van der Waals surface area contributed by atoms with Crippen LogP contribution in [0.4, 0.5) is 0 Å². The lowest BCUT2D eigenvalue weighted by molar-refractivity contribution is 0.155. The molecular formula is C24H33NO2. The molecule has 3 nitrogen and oxygen atoms in total. The van der Waals surface area contributed by atoms with Gasteiger partial charge in [0.25, 0.3) is 0 Å². The Morgan fingerprint density at radius 3 is 2.30 bits per heavy atom. The number of phenolic OH excluding ortho intramolecular Hbond substituents is 1. The van der Waals surface area contributed by atoms with Crippen LogP contribution in [-0.2, 0) is 12.8 Å². The highest BCUT2D eigenvalue weighted by atomic mass is 16.5. The number of phenols is 1. The average molecular weight is 368 g/mol. The number of hydrogen-bond acceptors (Lipinski definition) is 3. The lowest BCUT2D eigenvalue weighted by Crippen LogP contribution is -2.37. The molecule has 0 atom stereocenters. The Balaban J connectivity index is 1.34. The van der Waals surface area contributed by atoms with Gasteiger partial charge in [0.1, 0.15) is 18.1 Å². The lowest BCUT2D eigenvalue weighted by Gasteiger charge is -2.32. The summed E-state index contributed by atoms with van der Waals surface area (Å²) in [6.07, 6.45) is 7.52. The van der Waals surface area contributed by atoms with Crippen LogP contribution in [-0.4, -0.2) is 36.2 Å². The van der Waals surface area contributed by atoms with Crippen molar-refractivity contribution >= 4 is 0 Å². The van der Waals surface area contributed by atoms with Gasteiger partial charge in [-0.3, -0.25) is 4.90 Å². The minimum Gasteiger partial charge on any atom is -0.508 e.